The molecular weight excluding hydrogens is 224 g/mol. The first kappa shape index (κ1) is 11.6. The lowest BCUT2D eigenvalue weighted by atomic mass is 9.79. The van der Waals surface area contributed by atoms with Crippen molar-refractivity contribution in [2.24, 2.45) is 11.8 Å². The molecule has 1 aromatic heterocycles. The molecule has 2 atom stereocenters. The Balaban J connectivity index is 2.03. The predicted molar refractivity (Wildman–Crippen MR) is 57.5 cm³/mol. The van der Waals surface area contributed by atoms with Gasteiger partial charge < -0.3 is 5.11 Å². The van der Waals surface area contributed by atoms with Gasteiger partial charge >= 0.3 is 5.97 Å². The first-order chi connectivity index (χ1) is 8.18. The van der Waals surface area contributed by atoms with Gasteiger partial charge in [-0.3, -0.25) is 15.0 Å². The molecule has 0 bridgehead atoms. The number of rotatable bonds is 3. The van der Waals surface area contributed by atoms with Gasteiger partial charge in [0.05, 0.1) is 11.8 Å². The van der Waals surface area contributed by atoms with Crippen LogP contribution >= 0.6 is 0 Å². The first-order valence-corrected chi connectivity index (χ1v) is 5.57. The Bertz CT molecular complexity index is 404. The standard InChI is InChI=1S/C10H14N4O3/c15-9(13-14-5-11-12-6-14)7-3-1-2-4-8(7)10(16)17/h5-8H,1-4H2,(H,13,15)(H,16,17). The molecule has 1 aliphatic carbocycles. The van der Waals surface area contributed by atoms with Crippen molar-refractivity contribution < 1.29 is 14.7 Å². The molecule has 0 aromatic carbocycles. The molecule has 7 nitrogen and oxygen atoms in total. The van der Waals surface area contributed by atoms with Gasteiger partial charge in [-0.1, -0.05) is 12.8 Å². The second kappa shape index (κ2) is 4.94. The lowest BCUT2D eigenvalue weighted by Crippen LogP contribution is -2.38. The Labute approximate surface area is 97.8 Å². The minimum atomic E-state index is -0.895. The van der Waals surface area contributed by atoms with Crippen molar-refractivity contribution in [3.8, 4) is 0 Å². The third-order valence-corrected chi connectivity index (χ3v) is 3.08. The molecule has 0 spiro atoms. The lowest BCUT2D eigenvalue weighted by molar-refractivity contribution is -0.148. The summed E-state index contributed by atoms with van der Waals surface area (Å²) in [4.78, 5) is 23.0. The van der Waals surface area contributed by atoms with Crippen LogP contribution in [0.2, 0.25) is 0 Å². The van der Waals surface area contributed by atoms with Crippen LogP contribution in [0.3, 0.4) is 0 Å². The van der Waals surface area contributed by atoms with Crippen molar-refractivity contribution in [2.75, 3.05) is 5.43 Å². The highest BCUT2D eigenvalue weighted by Gasteiger charge is 2.35. The van der Waals surface area contributed by atoms with E-state index < -0.39 is 17.8 Å². The summed E-state index contributed by atoms with van der Waals surface area (Å²) in [6, 6.07) is 0. The quantitative estimate of drug-likeness (QED) is 0.786. The molecule has 0 radical (unpaired) electrons. The molecule has 1 aliphatic rings. The number of aliphatic carboxylic acids is 1. The molecule has 92 valence electrons. The largest absolute Gasteiger partial charge is 0.481 e. The number of carboxylic acid groups (broad SMARTS) is 1. The summed E-state index contributed by atoms with van der Waals surface area (Å²) in [6.07, 6.45) is 5.66. The van der Waals surface area contributed by atoms with Crippen molar-refractivity contribution in [1.29, 1.82) is 0 Å². The monoisotopic (exact) mass is 238 g/mol. The molecule has 17 heavy (non-hydrogen) atoms. The maximum absolute atomic E-state index is 11.9. The Morgan fingerprint density at radius 2 is 1.76 bits per heavy atom. The Morgan fingerprint density at radius 1 is 1.18 bits per heavy atom. The van der Waals surface area contributed by atoms with Gasteiger partial charge in [0.1, 0.15) is 12.7 Å². The fourth-order valence-electron chi connectivity index (χ4n) is 2.21. The molecule has 0 saturated heterocycles. The smallest absolute Gasteiger partial charge is 0.307 e. The van der Waals surface area contributed by atoms with Crippen LogP contribution in [0.1, 0.15) is 25.7 Å². The summed E-state index contributed by atoms with van der Waals surface area (Å²) < 4.78 is 1.33. The van der Waals surface area contributed by atoms with E-state index in [1.165, 1.54) is 17.3 Å². The molecule has 1 amide bonds. The molecule has 2 N–H and O–H groups in total. The van der Waals surface area contributed by atoms with Crippen molar-refractivity contribution >= 4 is 11.9 Å². The molecule has 0 aliphatic heterocycles. The number of aromatic nitrogens is 3. The van der Waals surface area contributed by atoms with Crippen LogP contribution in [0.15, 0.2) is 12.7 Å². The van der Waals surface area contributed by atoms with E-state index in [1.807, 2.05) is 0 Å². The maximum Gasteiger partial charge on any atom is 0.307 e. The topological polar surface area (TPSA) is 97.1 Å². The molecule has 1 heterocycles. The number of carboxylic acids is 1. The van der Waals surface area contributed by atoms with E-state index in [9.17, 15) is 9.59 Å². The van der Waals surface area contributed by atoms with Crippen LogP contribution in [0.25, 0.3) is 0 Å². The van der Waals surface area contributed by atoms with Gasteiger partial charge in [-0.05, 0) is 12.8 Å². The van der Waals surface area contributed by atoms with Crippen LogP contribution in [-0.2, 0) is 9.59 Å². The van der Waals surface area contributed by atoms with Crippen molar-refractivity contribution in [3.05, 3.63) is 12.7 Å². The third-order valence-electron chi connectivity index (χ3n) is 3.08. The number of nitrogens with one attached hydrogen (secondary N) is 1. The first-order valence-electron chi connectivity index (χ1n) is 5.57. The summed E-state index contributed by atoms with van der Waals surface area (Å²) in [5.41, 5.74) is 2.57. The van der Waals surface area contributed by atoms with E-state index >= 15 is 0 Å². The summed E-state index contributed by atoms with van der Waals surface area (Å²) >= 11 is 0. The van der Waals surface area contributed by atoms with Crippen LogP contribution in [0, 0.1) is 11.8 Å². The molecular formula is C10H14N4O3. The molecule has 7 heteroatoms. The Hall–Kier alpha value is -1.92. The number of carbonyl (C=O) groups excluding carboxylic acids is 1. The lowest BCUT2D eigenvalue weighted by Gasteiger charge is -2.27. The SMILES string of the molecule is O=C(O)C1CCCCC1C(=O)Nn1cnnc1. The van der Waals surface area contributed by atoms with Gasteiger partial charge in [-0.2, -0.15) is 0 Å². The normalized spacial score (nSPS) is 24.2. The van der Waals surface area contributed by atoms with E-state index in [1.54, 1.807) is 0 Å². The van der Waals surface area contributed by atoms with E-state index in [2.05, 4.69) is 15.6 Å². The van der Waals surface area contributed by atoms with Gasteiger partial charge in [0.25, 0.3) is 0 Å². The number of carbonyl (C=O) groups is 2. The summed E-state index contributed by atoms with van der Waals surface area (Å²) in [5, 5.41) is 16.2. The zero-order valence-corrected chi connectivity index (χ0v) is 9.24. The molecule has 1 saturated carbocycles. The minimum absolute atomic E-state index is 0.281. The van der Waals surface area contributed by atoms with Gasteiger partial charge in [-0.15, -0.1) is 10.2 Å². The van der Waals surface area contributed by atoms with Crippen molar-refractivity contribution in [1.82, 2.24) is 14.9 Å². The van der Waals surface area contributed by atoms with Crippen LogP contribution in [-0.4, -0.2) is 31.9 Å². The highest BCUT2D eigenvalue weighted by Crippen LogP contribution is 2.30. The van der Waals surface area contributed by atoms with Gasteiger partial charge in [0.2, 0.25) is 5.91 Å². The molecule has 1 aromatic rings. The van der Waals surface area contributed by atoms with Gasteiger partial charge in [0, 0.05) is 0 Å². The van der Waals surface area contributed by atoms with E-state index in [4.69, 9.17) is 5.11 Å². The van der Waals surface area contributed by atoms with E-state index in [-0.39, 0.29) is 5.91 Å². The number of hydrogen-bond donors (Lipinski definition) is 2. The average Bonchev–Trinajstić information content (AvgIpc) is 2.81. The second-order valence-electron chi connectivity index (χ2n) is 4.18. The zero-order valence-electron chi connectivity index (χ0n) is 9.24. The Morgan fingerprint density at radius 3 is 2.35 bits per heavy atom. The second-order valence-corrected chi connectivity index (χ2v) is 4.18. The summed E-state index contributed by atoms with van der Waals surface area (Å²) in [7, 11) is 0. The maximum atomic E-state index is 11.9. The van der Waals surface area contributed by atoms with Crippen molar-refractivity contribution in [2.45, 2.75) is 25.7 Å². The van der Waals surface area contributed by atoms with Crippen LogP contribution in [0.4, 0.5) is 0 Å². The number of hydrogen-bond acceptors (Lipinski definition) is 4. The molecule has 2 rings (SSSR count). The Kier molecular flexibility index (Phi) is 3.36. The third kappa shape index (κ3) is 2.61. The zero-order chi connectivity index (χ0) is 12.3. The fraction of sp³-hybridized carbons (Fsp3) is 0.600. The highest BCUT2D eigenvalue weighted by molar-refractivity contribution is 5.90. The summed E-state index contributed by atoms with van der Waals surface area (Å²) in [5.74, 6) is -2.23. The fourth-order valence-corrected chi connectivity index (χ4v) is 2.21. The molecule has 2 unspecified atom stereocenters. The predicted octanol–water partition coefficient (Wildman–Crippen LogP) is 0.239. The number of amides is 1. The number of nitrogens with zero attached hydrogens (tertiary/aromatic N) is 3. The van der Waals surface area contributed by atoms with Crippen LogP contribution in [0.5, 0.6) is 0 Å². The van der Waals surface area contributed by atoms with E-state index in [0.717, 1.165) is 12.8 Å². The van der Waals surface area contributed by atoms with Gasteiger partial charge in [-0.25, -0.2) is 4.68 Å². The van der Waals surface area contributed by atoms with Crippen molar-refractivity contribution in [3.63, 3.8) is 0 Å². The summed E-state index contributed by atoms with van der Waals surface area (Å²) in [6.45, 7) is 0. The van der Waals surface area contributed by atoms with E-state index in [0.29, 0.717) is 12.8 Å². The highest BCUT2D eigenvalue weighted by atomic mass is 16.4. The minimum Gasteiger partial charge on any atom is -0.481 e. The van der Waals surface area contributed by atoms with Crippen LogP contribution < -0.4 is 5.43 Å². The average molecular weight is 238 g/mol. The van der Waals surface area contributed by atoms with Gasteiger partial charge in [0.15, 0.2) is 0 Å². The molecule has 1 fully saturated rings.